The molecule has 0 spiro atoms. The van der Waals surface area contributed by atoms with Crippen molar-refractivity contribution in [1.29, 1.82) is 0 Å². The van der Waals surface area contributed by atoms with Crippen molar-refractivity contribution >= 4 is 23.4 Å². The van der Waals surface area contributed by atoms with Gasteiger partial charge in [-0.15, -0.1) is 11.3 Å². The van der Waals surface area contributed by atoms with E-state index in [1.54, 1.807) is 20.8 Å². The van der Waals surface area contributed by atoms with Crippen molar-refractivity contribution in [1.82, 2.24) is 5.32 Å². The molecule has 1 rings (SSSR count). The predicted octanol–water partition coefficient (Wildman–Crippen LogP) is 1.32. The van der Waals surface area contributed by atoms with Crippen molar-refractivity contribution in [2.75, 3.05) is 0 Å². The van der Waals surface area contributed by atoms with Gasteiger partial charge in [0.2, 0.25) is 0 Å². The first kappa shape index (κ1) is 15.5. The summed E-state index contributed by atoms with van der Waals surface area (Å²) < 4.78 is 5.11. The highest BCUT2D eigenvalue weighted by molar-refractivity contribution is 7.09. The lowest BCUT2D eigenvalue weighted by Crippen LogP contribution is -2.43. The van der Waals surface area contributed by atoms with E-state index in [0.29, 0.717) is 6.42 Å². The second-order valence-electron chi connectivity index (χ2n) is 5.20. The summed E-state index contributed by atoms with van der Waals surface area (Å²) in [6, 6.07) is 3.24. The van der Waals surface area contributed by atoms with E-state index in [1.165, 1.54) is 11.3 Å². The molecule has 0 aliphatic heterocycles. The molecule has 1 heterocycles. The molecule has 0 unspecified atom stereocenters. The van der Waals surface area contributed by atoms with Gasteiger partial charge in [0.25, 0.3) is 0 Å². The molecule has 5 nitrogen and oxygen atoms in total. The molecule has 0 saturated heterocycles. The van der Waals surface area contributed by atoms with Crippen LogP contribution in [0.25, 0.3) is 0 Å². The average Bonchev–Trinajstić information content (AvgIpc) is 2.65. The van der Waals surface area contributed by atoms with Crippen LogP contribution in [-0.4, -0.2) is 23.7 Å². The molecule has 1 aromatic heterocycles. The molecule has 0 bridgehead atoms. The number of hydrogen-bond donors (Lipinski definition) is 1. The molecule has 1 atom stereocenters. The lowest BCUT2D eigenvalue weighted by Gasteiger charge is -2.23. The van der Waals surface area contributed by atoms with Gasteiger partial charge in [-0.05, 0) is 32.2 Å². The number of alkyl carbamates (subject to hydrolysis) is 1. The van der Waals surface area contributed by atoms with Gasteiger partial charge in [0.05, 0.1) is 0 Å². The summed E-state index contributed by atoms with van der Waals surface area (Å²) in [5, 5.41) is 15.2. The fourth-order valence-corrected chi connectivity index (χ4v) is 2.31. The topological polar surface area (TPSA) is 78.5 Å². The van der Waals surface area contributed by atoms with Crippen LogP contribution in [0.15, 0.2) is 17.5 Å². The molecule has 1 N–H and O–H groups in total. The molecular weight excluding hydrogens is 266 g/mol. The molecule has 0 radical (unpaired) electrons. The zero-order valence-corrected chi connectivity index (χ0v) is 12.1. The van der Waals surface area contributed by atoms with E-state index in [1.807, 2.05) is 17.5 Å². The van der Waals surface area contributed by atoms with Crippen molar-refractivity contribution in [2.24, 2.45) is 0 Å². The summed E-state index contributed by atoms with van der Waals surface area (Å²) in [4.78, 5) is 23.3. The minimum atomic E-state index is -1.20. The SMILES string of the molecule is CC(C)(C)OC(=O)N[C@@H](CC(=O)[O-])Cc1cccs1. The first-order valence-electron chi connectivity index (χ1n) is 5.98. The van der Waals surface area contributed by atoms with Crippen LogP contribution in [0, 0.1) is 0 Å². The Morgan fingerprint density at radius 1 is 1.47 bits per heavy atom. The van der Waals surface area contributed by atoms with Gasteiger partial charge >= 0.3 is 6.09 Å². The minimum Gasteiger partial charge on any atom is -0.550 e. The normalized spacial score (nSPS) is 12.8. The molecule has 106 valence electrons. The summed E-state index contributed by atoms with van der Waals surface area (Å²) in [6.45, 7) is 5.25. The van der Waals surface area contributed by atoms with Gasteiger partial charge < -0.3 is 20.0 Å². The third-order valence-corrected chi connectivity index (χ3v) is 3.06. The lowest BCUT2D eigenvalue weighted by molar-refractivity contribution is -0.306. The molecule has 1 amide bonds. The Bertz CT molecular complexity index is 422. The molecule has 0 aromatic carbocycles. The lowest BCUT2D eigenvalue weighted by atomic mass is 10.1. The molecule has 19 heavy (non-hydrogen) atoms. The van der Waals surface area contributed by atoms with E-state index in [9.17, 15) is 14.7 Å². The maximum Gasteiger partial charge on any atom is 0.407 e. The second kappa shape index (κ2) is 6.56. The zero-order valence-electron chi connectivity index (χ0n) is 11.3. The van der Waals surface area contributed by atoms with E-state index in [-0.39, 0.29) is 6.42 Å². The number of hydrogen-bond acceptors (Lipinski definition) is 5. The Balaban J connectivity index is 2.59. The number of amides is 1. The Hall–Kier alpha value is -1.56. The van der Waals surface area contributed by atoms with Gasteiger partial charge in [-0.3, -0.25) is 0 Å². The van der Waals surface area contributed by atoms with E-state index in [0.717, 1.165) is 4.88 Å². The third-order valence-electron chi connectivity index (χ3n) is 2.16. The van der Waals surface area contributed by atoms with E-state index < -0.39 is 23.7 Å². The van der Waals surface area contributed by atoms with Gasteiger partial charge in [-0.1, -0.05) is 6.07 Å². The van der Waals surface area contributed by atoms with Crippen LogP contribution in [0.2, 0.25) is 0 Å². The molecule has 0 saturated carbocycles. The summed E-state index contributed by atoms with van der Waals surface area (Å²) in [5.41, 5.74) is -0.612. The summed E-state index contributed by atoms with van der Waals surface area (Å²) in [6.07, 6.45) is -0.405. The average molecular weight is 284 g/mol. The van der Waals surface area contributed by atoms with Gasteiger partial charge in [0.15, 0.2) is 0 Å². The quantitative estimate of drug-likeness (QED) is 0.884. The summed E-state index contributed by atoms with van der Waals surface area (Å²) >= 11 is 1.51. The second-order valence-corrected chi connectivity index (χ2v) is 6.24. The largest absolute Gasteiger partial charge is 0.550 e. The molecule has 1 aromatic rings. The van der Waals surface area contributed by atoms with E-state index in [2.05, 4.69) is 5.32 Å². The number of carbonyl (C=O) groups excluding carboxylic acids is 2. The van der Waals surface area contributed by atoms with Crippen LogP contribution in [0.5, 0.6) is 0 Å². The molecule has 0 aliphatic rings. The number of carboxylic acids is 1. The number of rotatable bonds is 5. The van der Waals surface area contributed by atoms with Crippen LogP contribution in [0.4, 0.5) is 4.79 Å². The van der Waals surface area contributed by atoms with Gasteiger partial charge in [-0.2, -0.15) is 0 Å². The van der Waals surface area contributed by atoms with E-state index in [4.69, 9.17) is 4.74 Å². The number of carboxylic acid groups (broad SMARTS) is 1. The molecule has 6 heteroatoms. The van der Waals surface area contributed by atoms with Crippen LogP contribution < -0.4 is 10.4 Å². The summed E-state index contributed by atoms with van der Waals surface area (Å²) in [7, 11) is 0. The van der Waals surface area contributed by atoms with Crippen LogP contribution in [-0.2, 0) is 16.0 Å². The van der Waals surface area contributed by atoms with E-state index >= 15 is 0 Å². The van der Waals surface area contributed by atoms with Crippen molar-refractivity contribution < 1.29 is 19.4 Å². The van der Waals surface area contributed by atoms with Gasteiger partial charge in [-0.25, -0.2) is 4.79 Å². The van der Waals surface area contributed by atoms with Crippen molar-refractivity contribution in [2.45, 2.75) is 45.3 Å². The van der Waals surface area contributed by atoms with Crippen molar-refractivity contribution in [3.8, 4) is 0 Å². The number of thiophene rings is 1. The minimum absolute atomic E-state index is 0.239. The third kappa shape index (κ3) is 6.81. The number of ether oxygens (including phenoxy) is 1. The molecular formula is C13H18NO4S-. The standard InChI is InChI=1S/C13H19NO4S/c1-13(2,3)18-12(17)14-9(8-11(15)16)7-10-5-4-6-19-10/h4-6,9H,7-8H2,1-3H3,(H,14,17)(H,15,16)/p-1/t9-/m1/s1. The molecule has 0 fully saturated rings. The first-order chi connectivity index (χ1) is 8.76. The van der Waals surface area contributed by atoms with Crippen molar-refractivity contribution in [3.05, 3.63) is 22.4 Å². The Morgan fingerprint density at radius 3 is 2.63 bits per heavy atom. The fourth-order valence-electron chi connectivity index (χ4n) is 1.52. The fraction of sp³-hybridized carbons (Fsp3) is 0.538. The number of aliphatic carboxylic acids is 1. The highest BCUT2D eigenvalue weighted by atomic mass is 32.1. The first-order valence-corrected chi connectivity index (χ1v) is 6.86. The molecule has 0 aliphatic carbocycles. The van der Waals surface area contributed by atoms with Crippen LogP contribution in [0.3, 0.4) is 0 Å². The summed E-state index contributed by atoms with van der Waals surface area (Å²) in [5.74, 6) is -1.20. The maximum absolute atomic E-state index is 11.6. The Kier molecular flexibility index (Phi) is 5.35. The van der Waals surface area contributed by atoms with Gasteiger partial charge in [0, 0.05) is 29.7 Å². The van der Waals surface area contributed by atoms with Crippen molar-refractivity contribution in [3.63, 3.8) is 0 Å². The highest BCUT2D eigenvalue weighted by Gasteiger charge is 2.20. The number of carbonyl (C=O) groups is 2. The van der Waals surface area contributed by atoms with Crippen LogP contribution in [0.1, 0.15) is 32.1 Å². The number of nitrogens with one attached hydrogen (secondary N) is 1. The highest BCUT2D eigenvalue weighted by Crippen LogP contribution is 2.13. The Labute approximate surface area is 116 Å². The zero-order chi connectivity index (χ0) is 14.5. The predicted molar refractivity (Wildman–Crippen MR) is 70.8 cm³/mol. The van der Waals surface area contributed by atoms with Crippen LogP contribution >= 0.6 is 11.3 Å². The van der Waals surface area contributed by atoms with Gasteiger partial charge in [0.1, 0.15) is 5.60 Å². The monoisotopic (exact) mass is 284 g/mol. The smallest absolute Gasteiger partial charge is 0.407 e. The Morgan fingerprint density at radius 2 is 2.16 bits per heavy atom. The maximum atomic E-state index is 11.6.